The molecule has 2 aromatic rings. The number of rotatable bonds is 3. The van der Waals surface area contributed by atoms with Gasteiger partial charge >= 0.3 is 0 Å². The Bertz CT molecular complexity index is 555. The molecule has 0 atom stereocenters. The van der Waals surface area contributed by atoms with Crippen LogP contribution in [0, 0.1) is 0 Å². The molecule has 3 rings (SSSR count). The Morgan fingerprint density at radius 2 is 1.55 bits per heavy atom. The lowest BCUT2D eigenvalue weighted by molar-refractivity contribution is 0.411. The predicted molar refractivity (Wildman–Crippen MR) is 77.2 cm³/mol. The molecular formula is C14H17N5O. The second kappa shape index (κ2) is 5.73. The molecule has 2 aromatic heterocycles. The van der Waals surface area contributed by atoms with Gasteiger partial charge in [-0.15, -0.1) is 0 Å². The molecule has 0 spiro atoms. The number of nitrogens with zero attached hydrogens (tertiary/aromatic N) is 5. The van der Waals surface area contributed by atoms with Gasteiger partial charge in [0.2, 0.25) is 5.95 Å². The Hall–Kier alpha value is -2.37. The number of aromatic nitrogens is 3. The average Bonchev–Trinajstić information content (AvgIpc) is 2.56. The summed E-state index contributed by atoms with van der Waals surface area (Å²) in [5.41, 5.74) is 0. The topological polar surface area (TPSA) is 54.4 Å². The summed E-state index contributed by atoms with van der Waals surface area (Å²) >= 11 is 0. The van der Waals surface area contributed by atoms with Crippen LogP contribution in [0.15, 0.2) is 36.8 Å². The van der Waals surface area contributed by atoms with Gasteiger partial charge in [0.05, 0.1) is 7.11 Å². The highest BCUT2D eigenvalue weighted by atomic mass is 16.5. The number of methoxy groups -OCH3 is 1. The van der Waals surface area contributed by atoms with Crippen LogP contribution >= 0.6 is 0 Å². The van der Waals surface area contributed by atoms with Gasteiger partial charge in [0.1, 0.15) is 0 Å². The third-order valence-electron chi connectivity index (χ3n) is 3.38. The van der Waals surface area contributed by atoms with Crippen LogP contribution in [0.3, 0.4) is 0 Å². The van der Waals surface area contributed by atoms with Gasteiger partial charge < -0.3 is 14.5 Å². The summed E-state index contributed by atoms with van der Waals surface area (Å²) in [6, 6.07) is 5.66. The normalized spacial score (nSPS) is 15.2. The Kier molecular flexibility index (Phi) is 3.62. The molecule has 6 nitrogen and oxygen atoms in total. The van der Waals surface area contributed by atoms with E-state index in [1.807, 2.05) is 18.2 Å². The van der Waals surface area contributed by atoms with Crippen molar-refractivity contribution in [1.29, 1.82) is 0 Å². The highest BCUT2D eigenvalue weighted by Gasteiger charge is 2.21. The Labute approximate surface area is 118 Å². The molecule has 1 aliphatic heterocycles. The van der Waals surface area contributed by atoms with Crippen molar-refractivity contribution >= 4 is 11.8 Å². The molecule has 0 aromatic carbocycles. The maximum Gasteiger partial charge on any atom is 0.225 e. The van der Waals surface area contributed by atoms with Crippen LogP contribution in [0.2, 0.25) is 0 Å². The van der Waals surface area contributed by atoms with Crippen LogP contribution in [-0.2, 0) is 0 Å². The van der Waals surface area contributed by atoms with Crippen molar-refractivity contribution in [3.8, 4) is 5.75 Å². The van der Waals surface area contributed by atoms with E-state index in [-0.39, 0.29) is 0 Å². The summed E-state index contributed by atoms with van der Waals surface area (Å²) in [4.78, 5) is 17.4. The summed E-state index contributed by atoms with van der Waals surface area (Å²) in [7, 11) is 1.68. The molecule has 20 heavy (non-hydrogen) atoms. The van der Waals surface area contributed by atoms with Gasteiger partial charge in [0.25, 0.3) is 0 Å². The number of hydrogen-bond acceptors (Lipinski definition) is 6. The quantitative estimate of drug-likeness (QED) is 0.836. The molecular weight excluding hydrogens is 254 g/mol. The van der Waals surface area contributed by atoms with Crippen LogP contribution in [0.1, 0.15) is 0 Å². The Balaban J connectivity index is 1.70. The Morgan fingerprint density at radius 1 is 0.900 bits per heavy atom. The van der Waals surface area contributed by atoms with E-state index in [4.69, 9.17) is 4.74 Å². The van der Waals surface area contributed by atoms with Crippen molar-refractivity contribution in [3.05, 3.63) is 36.8 Å². The van der Waals surface area contributed by atoms with Crippen LogP contribution in [0.5, 0.6) is 5.75 Å². The zero-order valence-corrected chi connectivity index (χ0v) is 11.4. The van der Waals surface area contributed by atoms with Crippen molar-refractivity contribution in [2.24, 2.45) is 0 Å². The molecule has 1 saturated heterocycles. The molecule has 3 heterocycles. The summed E-state index contributed by atoms with van der Waals surface area (Å²) in [5.74, 6) is 2.51. The SMILES string of the molecule is COc1cccnc1N1CCN(c2ncccn2)CC1. The van der Waals surface area contributed by atoms with Crippen LogP contribution in [-0.4, -0.2) is 48.2 Å². The summed E-state index contributed by atoms with van der Waals surface area (Å²) < 4.78 is 5.37. The smallest absolute Gasteiger partial charge is 0.225 e. The first kappa shape index (κ1) is 12.7. The molecule has 1 aliphatic rings. The maximum atomic E-state index is 5.37. The molecule has 0 unspecified atom stereocenters. The molecule has 0 bridgehead atoms. The van der Waals surface area contributed by atoms with E-state index in [1.165, 1.54) is 0 Å². The van der Waals surface area contributed by atoms with Gasteiger partial charge in [0, 0.05) is 44.8 Å². The third kappa shape index (κ3) is 2.49. The van der Waals surface area contributed by atoms with Gasteiger partial charge in [-0.05, 0) is 18.2 Å². The van der Waals surface area contributed by atoms with E-state index < -0.39 is 0 Å². The zero-order chi connectivity index (χ0) is 13.8. The van der Waals surface area contributed by atoms with Crippen molar-refractivity contribution in [2.45, 2.75) is 0 Å². The molecule has 0 amide bonds. The van der Waals surface area contributed by atoms with E-state index in [9.17, 15) is 0 Å². The van der Waals surface area contributed by atoms with Gasteiger partial charge in [-0.1, -0.05) is 0 Å². The van der Waals surface area contributed by atoms with Gasteiger partial charge in [-0.2, -0.15) is 0 Å². The lowest BCUT2D eigenvalue weighted by Gasteiger charge is -2.35. The Morgan fingerprint density at radius 3 is 2.25 bits per heavy atom. The highest BCUT2D eigenvalue weighted by molar-refractivity contribution is 5.53. The fourth-order valence-electron chi connectivity index (χ4n) is 2.35. The first-order valence-corrected chi connectivity index (χ1v) is 6.64. The number of piperazine rings is 1. The van der Waals surface area contributed by atoms with E-state index in [0.717, 1.165) is 43.7 Å². The minimum absolute atomic E-state index is 0.792. The summed E-state index contributed by atoms with van der Waals surface area (Å²) in [5, 5.41) is 0. The van der Waals surface area contributed by atoms with Crippen LogP contribution < -0.4 is 14.5 Å². The minimum Gasteiger partial charge on any atom is -0.493 e. The van der Waals surface area contributed by atoms with Gasteiger partial charge in [0.15, 0.2) is 11.6 Å². The van der Waals surface area contributed by atoms with E-state index in [0.29, 0.717) is 0 Å². The largest absolute Gasteiger partial charge is 0.493 e. The molecule has 104 valence electrons. The second-order valence-electron chi connectivity index (χ2n) is 4.55. The lowest BCUT2D eigenvalue weighted by atomic mass is 10.3. The number of pyridine rings is 1. The first-order chi connectivity index (χ1) is 9.88. The fourth-order valence-corrected chi connectivity index (χ4v) is 2.35. The third-order valence-corrected chi connectivity index (χ3v) is 3.38. The lowest BCUT2D eigenvalue weighted by Crippen LogP contribution is -2.47. The molecule has 1 fully saturated rings. The zero-order valence-electron chi connectivity index (χ0n) is 11.4. The van der Waals surface area contributed by atoms with Gasteiger partial charge in [-0.3, -0.25) is 0 Å². The number of anilines is 2. The molecule has 0 N–H and O–H groups in total. The highest BCUT2D eigenvalue weighted by Crippen LogP contribution is 2.26. The number of hydrogen-bond donors (Lipinski definition) is 0. The predicted octanol–water partition coefficient (Wildman–Crippen LogP) is 1.21. The maximum absolute atomic E-state index is 5.37. The van der Waals surface area contributed by atoms with Gasteiger partial charge in [-0.25, -0.2) is 15.0 Å². The first-order valence-electron chi connectivity index (χ1n) is 6.64. The van der Waals surface area contributed by atoms with Crippen LogP contribution in [0.4, 0.5) is 11.8 Å². The monoisotopic (exact) mass is 271 g/mol. The summed E-state index contributed by atoms with van der Waals surface area (Å²) in [6.07, 6.45) is 5.34. The fraction of sp³-hybridized carbons (Fsp3) is 0.357. The van der Waals surface area contributed by atoms with E-state index in [1.54, 1.807) is 25.7 Å². The van der Waals surface area contributed by atoms with Crippen molar-refractivity contribution in [3.63, 3.8) is 0 Å². The standard InChI is InChI=1S/C14H17N5O/c1-20-12-4-2-5-15-13(12)18-8-10-19(11-9-18)14-16-6-3-7-17-14/h2-7H,8-11H2,1H3. The number of ether oxygens (including phenoxy) is 1. The average molecular weight is 271 g/mol. The van der Waals surface area contributed by atoms with E-state index >= 15 is 0 Å². The molecule has 0 radical (unpaired) electrons. The molecule has 0 aliphatic carbocycles. The van der Waals surface area contributed by atoms with Crippen LogP contribution in [0.25, 0.3) is 0 Å². The van der Waals surface area contributed by atoms with Crippen molar-refractivity contribution in [2.75, 3.05) is 43.1 Å². The minimum atomic E-state index is 0.792. The molecule has 6 heteroatoms. The summed E-state index contributed by atoms with van der Waals surface area (Å²) in [6.45, 7) is 3.52. The van der Waals surface area contributed by atoms with Crippen molar-refractivity contribution < 1.29 is 4.74 Å². The van der Waals surface area contributed by atoms with Crippen molar-refractivity contribution in [1.82, 2.24) is 15.0 Å². The van der Waals surface area contributed by atoms with E-state index in [2.05, 4.69) is 24.8 Å². The second-order valence-corrected chi connectivity index (χ2v) is 4.55. The molecule has 0 saturated carbocycles.